The number of carboxylic acids is 1. The van der Waals surface area contributed by atoms with Gasteiger partial charge < -0.3 is 20.7 Å². The fraction of sp³-hybridized carbons (Fsp3) is 0.789. The molecule has 0 bridgehead atoms. The fourth-order valence-corrected chi connectivity index (χ4v) is 3.89. The molecule has 0 saturated carbocycles. The highest BCUT2D eigenvalue weighted by Crippen LogP contribution is 2.46. The lowest BCUT2D eigenvalue weighted by atomic mass is 9.82. The Hall–Kier alpha value is -1.60. The molecule has 2 aliphatic heterocycles. The maximum Gasteiger partial charge on any atom is 0.337 e. The molecule has 150 valence electrons. The first-order valence-corrected chi connectivity index (χ1v) is 9.11. The molecule has 4 N–H and O–H groups in total. The van der Waals surface area contributed by atoms with Crippen molar-refractivity contribution < 1.29 is 24.5 Å². The van der Waals surface area contributed by atoms with Gasteiger partial charge >= 0.3 is 5.97 Å². The van der Waals surface area contributed by atoms with Crippen molar-refractivity contribution in [3.8, 4) is 0 Å². The number of aliphatic hydroxyl groups excluding tert-OH is 1. The van der Waals surface area contributed by atoms with Crippen molar-refractivity contribution >= 4 is 11.9 Å². The van der Waals surface area contributed by atoms with Crippen molar-refractivity contribution in [2.24, 2.45) is 11.1 Å². The summed E-state index contributed by atoms with van der Waals surface area (Å²) in [5.41, 5.74) is 4.75. The van der Waals surface area contributed by atoms with Crippen LogP contribution in [0.15, 0.2) is 11.8 Å². The van der Waals surface area contributed by atoms with Crippen molar-refractivity contribution in [2.75, 3.05) is 6.61 Å². The highest BCUT2D eigenvalue weighted by atomic mass is 16.5. The molecule has 2 fully saturated rings. The Labute approximate surface area is 156 Å². The van der Waals surface area contributed by atoms with E-state index in [0.717, 1.165) is 6.42 Å². The second-order valence-corrected chi connectivity index (χ2v) is 8.93. The molecule has 1 amide bonds. The third-order valence-corrected chi connectivity index (χ3v) is 4.22. The van der Waals surface area contributed by atoms with Gasteiger partial charge in [-0.15, -0.1) is 0 Å². The molecular weight excluding hydrogens is 336 g/mol. The van der Waals surface area contributed by atoms with Crippen LogP contribution in [0.3, 0.4) is 0 Å². The van der Waals surface area contributed by atoms with Crippen molar-refractivity contribution in [2.45, 2.75) is 84.5 Å². The average molecular weight is 370 g/mol. The summed E-state index contributed by atoms with van der Waals surface area (Å²) in [6.45, 7) is 12.3. The first-order chi connectivity index (χ1) is 11.8. The van der Waals surface area contributed by atoms with Crippen molar-refractivity contribution in [1.82, 2.24) is 4.90 Å². The van der Waals surface area contributed by atoms with E-state index >= 15 is 0 Å². The van der Waals surface area contributed by atoms with Gasteiger partial charge in [0.2, 0.25) is 11.4 Å². The second-order valence-electron chi connectivity index (χ2n) is 8.93. The van der Waals surface area contributed by atoms with E-state index in [4.69, 9.17) is 15.6 Å². The number of nitrogens with two attached hydrogens (primary N) is 1. The normalized spacial score (nSPS) is 26.6. The van der Waals surface area contributed by atoms with Crippen LogP contribution < -0.4 is 5.73 Å². The Kier molecular flexibility index (Phi) is 6.87. The standard InChI is InChI=1S/C11H15NO5.C8H19N/c1-2-4-11(10(15)16)7(3-5-13)17-9-6-8(14)12(9)11;1-7(2,3)6-8(4,5)9/h3,9,13H,2,4-6H2,1H3,(H,15,16);6,9H2,1-5H3/t9-,11?;/m1./s1. The zero-order chi connectivity index (χ0) is 20.3. The van der Waals surface area contributed by atoms with Gasteiger partial charge in [0, 0.05) is 5.54 Å². The number of carbonyl (C=O) groups excluding carboxylic acids is 1. The zero-order valence-electron chi connectivity index (χ0n) is 16.8. The van der Waals surface area contributed by atoms with E-state index in [1.807, 2.05) is 6.92 Å². The summed E-state index contributed by atoms with van der Waals surface area (Å²) in [7, 11) is 0. The molecule has 2 saturated heterocycles. The lowest BCUT2D eigenvalue weighted by Gasteiger charge is -2.40. The Morgan fingerprint density at radius 1 is 1.38 bits per heavy atom. The van der Waals surface area contributed by atoms with E-state index in [0.29, 0.717) is 11.8 Å². The summed E-state index contributed by atoms with van der Waals surface area (Å²) in [5.74, 6) is -1.13. The molecule has 0 aromatic carbocycles. The third-order valence-electron chi connectivity index (χ3n) is 4.22. The predicted molar refractivity (Wildman–Crippen MR) is 99.1 cm³/mol. The molecule has 7 heteroatoms. The fourth-order valence-electron chi connectivity index (χ4n) is 3.89. The number of rotatable bonds is 5. The van der Waals surface area contributed by atoms with E-state index in [2.05, 4.69) is 34.6 Å². The minimum Gasteiger partial charge on any atom is -0.479 e. The largest absolute Gasteiger partial charge is 0.479 e. The van der Waals surface area contributed by atoms with Crippen molar-refractivity contribution in [3.05, 3.63) is 11.8 Å². The van der Waals surface area contributed by atoms with E-state index in [1.54, 1.807) is 0 Å². The Morgan fingerprint density at radius 2 is 1.96 bits per heavy atom. The van der Waals surface area contributed by atoms with Crippen LogP contribution in [0.4, 0.5) is 0 Å². The summed E-state index contributed by atoms with van der Waals surface area (Å²) in [5, 5.41) is 18.4. The molecule has 2 atom stereocenters. The van der Waals surface area contributed by atoms with Gasteiger partial charge in [-0.2, -0.15) is 0 Å². The zero-order valence-corrected chi connectivity index (χ0v) is 16.8. The second kappa shape index (κ2) is 7.96. The number of nitrogens with zero attached hydrogens (tertiary/aromatic N) is 1. The molecule has 26 heavy (non-hydrogen) atoms. The van der Waals surface area contributed by atoms with Crippen molar-refractivity contribution in [1.29, 1.82) is 0 Å². The summed E-state index contributed by atoms with van der Waals surface area (Å²) in [4.78, 5) is 24.4. The molecule has 7 nitrogen and oxygen atoms in total. The van der Waals surface area contributed by atoms with E-state index < -0.39 is 17.7 Å². The number of fused-ring (bicyclic) bond motifs is 1. The SMILES string of the molecule is CC(C)(C)CC(C)(C)N.CCCC1(C(=O)O)C(=CCO)O[C@@H]2CC(=O)N21. The lowest BCUT2D eigenvalue weighted by Crippen LogP contribution is -2.62. The van der Waals surface area contributed by atoms with Crippen LogP contribution in [0, 0.1) is 5.41 Å². The predicted octanol–water partition coefficient (Wildman–Crippen LogP) is 2.23. The topological polar surface area (TPSA) is 113 Å². The summed E-state index contributed by atoms with van der Waals surface area (Å²) < 4.78 is 5.43. The number of hydrogen-bond donors (Lipinski definition) is 3. The third kappa shape index (κ3) is 4.98. The van der Waals surface area contributed by atoms with Crippen molar-refractivity contribution in [3.63, 3.8) is 0 Å². The number of carboxylic acid groups (broad SMARTS) is 1. The van der Waals surface area contributed by atoms with Gasteiger partial charge in [-0.3, -0.25) is 9.69 Å². The molecule has 0 aliphatic carbocycles. The van der Waals surface area contributed by atoms with E-state index in [9.17, 15) is 14.7 Å². The highest BCUT2D eigenvalue weighted by molar-refractivity contribution is 5.94. The maximum atomic E-state index is 11.5. The number of aliphatic hydroxyl groups is 1. The summed E-state index contributed by atoms with van der Waals surface area (Å²) >= 11 is 0. The van der Waals surface area contributed by atoms with Crippen LogP contribution in [-0.4, -0.2) is 50.9 Å². The van der Waals surface area contributed by atoms with Crippen LogP contribution in [0.2, 0.25) is 0 Å². The van der Waals surface area contributed by atoms with Crippen LogP contribution in [0.25, 0.3) is 0 Å². The van der Waals surface area contributed by atoms with Crippen LogP contribution >= 0.6 is 0 Å². The van der Waals surface area contributed by atoms with E-state index in [-0.39, 0.29) is 36.7 Å². The molecule has 2 rings (SSSR count). The molecule has 0 aromatic rings. The van der Waals surface area contributed by atoms with Gasteiger partial charge in [0.05, 0.1) is 13.0 Å². The Morgan fingerprint density at radius 3 is 2.27 bits per heavy atom. The first-order valence-electron chi connectivity index (χ1n) is 9.11. The number of aliphatic carboxylic acids is 1. The molecule has 0 spiro atoms. The summed E-state index contributed by atoms with van der Waals surface area (Å²) in [6, 6.07) is 0. The van der Waals surface area contributed by atoms with Gasteiger partial charge in [0.15, 0.2) is 6.23 Å². The number of ether oxygens (including phenoxy) is 1. The molecule has 0 aromatic heterocycles. The minimum atomic E-state index is -1.42. The molecule has 1 unspecified atom stereocenters. The van der Waals surface area contributed by atoms with Gasteiger partial charge in [-0.25, -0.2) is 4.79 Å². The lowest BCUT2D eigenvalue weighted by molar-refractivity contribution is -0.171. The number of β-lactam (4-membered cyclic amide) rings is 1. The van der Waals surface area contributed by atoms with Gasteiger partial charge in [-0.1, -0.05) is 34.1 Å². The number of carbonyl (C=O) groups is 2. The monoisotopic (exact) mass is 370 g/mol. The molecule has 2 aliphatic rings. The molecular formula is C19H34N2O5. The Balaban J connectivity index is 0.000000321. The number of amides is 1. The summed E-state index contributed by atoms with van der Waals surface area (Å²) in [6.07, 6.45) is 3.02. The Bertz CT molecular complexity index is 547. The van der Waals surface area contributed by atoms with E-state index in [1.165, 1.54) is 11.0 Å². The molecule has 0 radical (unpaired) electrons. The van der Waals surface area contributed by atoms with Crippen LogP contribution in [-0.2, 0) is 14.3 Å². The quantitative estimate of drug-likeness (QED) is 0.640. The number of hydrogen-bond acceptors (Lipinski definition) is 5. The highest BCUT2D eigenvalue weighted by Gasteiger charge is 2.64. The first kappa shape index (κ1) is 22.4. The van der Waals surface area contributed by atoms with Crippen LogP contribution in [0.1, 0.15) is 67.2 Å². The smallest absolute Gasteiger partial charge is 0.337 e. The van der Waals surface area contributed by atoms with Crippen LogP contribution in [0.5, 0.6) is 0 Å². The minimum absolute atomic E-state index is 0.0156. The maximum absolute atomic E-state index is 11.5. The van der Waals surface area contributed by atoms with Gasteiger partial charge in [-0.05, 0) is 38.2 Å². The average Bonchev–Trinajstić information content (AvgIpc) is 2.65. The van der Waals surface area contributed by atoms with Gasteiger partial charge in [0.1, 0.15) is 5.76 Å². The van der Waals surface area contributed by atoms with Gasteiger partial charge in [0.25, 0.3) is 0 Å². The molecule has 2 heterocycles.